The molecule has 0 saturated carbocycles. The van der Waals surface area contributed by atoms with E-state index in [0.717, 1.165) is 12.2 Å². The van der Waals surface area contributed by atoms with Crippen molar-refractivity contribution in [3.8, 4) is 5.75 Å². The predicted octanol–water partition coefficient (Wildman–Crippen LogP) is 5.52. The maximum Gasteiger partial charge on any atom is 0.118 e. The van der Waals surface area contributed by atoms with E-state index < -0.39 is 0 Å². The average molecular weight is 278 g/mol. The lowest BCUT2D eigenvalue weighted by atomic mass is 10.0. The van der Waals surface area contributed by atoms with Gasteiger partial charge in [0.25, 0.3) is 0 Å². The Morgan fingerprint density at radius 3 is 2.00 bits per heavy atom. The van der Waals surface area contributed by atoms with Crippen molar-refractivity contribution in [3.63, 3.8) is 0 Å². The van der Waals surface area contributed by atoms with Gasteiger partial charge < -0.3 is 9.47 Å². The Morgan fingerprint density at radius 2 is 1.45 bits per heavy atom. The zero-order chi connectivity index (χ0) is 14.6. The van der Waals surface area contributed by atoms with Crippen molar-refractivity contribution in [1.82, 2.24) is 0 Å². The molecule has 2 heteroatoms. The smallest absolute Gasteiger partial charge is 0.118 e. The summed E-state index contributed by atoms with van der Waals surface area (Å²) in [5.41, 5.74) is 1.25. The van der Waals surface area contributed by atoms with Crippen LogP contribution in [0.3, 0.4) is 0 Å². The number of unbranched alkanes of at least 4 members (excludes halogenated alkanes) is 6. The van der Waals surface area contributed by atoms with Gasteiger partial charge in [-0.25, -0.2) is 0 Å². The van der Waals surface area contributed by atoms with Gasteiger partial charge in [0.1, 0.15) is 5.75 Å². The SMILES string of the molecule is CCCCCCCCCC(OC)c1ccc(OC)cc1. The molecule has 1 atom stereocenters. The molecular weight excluding hydrogens is 248 g/mol. The number of methoxy groups -OCH3 is 2. The first-order chi connectivity index (χ1) is 9.81. The second kappa shape index (κ2) is 10.7. The molecule has 0 radical (unpaired) electrons. The minimum absolute atomic E-state index is 0.219. The maximum atomic E-state index is 5.61. The number of hydrogen-bond donors (Lipinski definition) is 0. The van der Waals surface area contributed by atoms with Gasteiger partial charge in [-0.1, -0.05) is 64.0 Å². The molecule has 0 saturated heterocycles. The minimum atomic E-state index is 0.219. The van der Waals surface area contributed by atoms with Crippen LogP contribution in [0.25, 0.3) is 0 Å². The van der Waals surface area contributed by atoms with E-state index in [1.807, 2.05) is 12.1 Å². The van der Waals surface area contributed by atoms with E-state index >= 15 is 0 Å². The fourth-order valence-electron chi connectivity index (χ4n) is 2.53. The van der Waals surface area contributed by atoms with E-state index in [2.05, 4.69) is 19.1 Å². The Kier molecular flexibility index (Phi) is 9.14. The first kappa shape index (κ1) is 17.0. The third-order valence-corrected chi connectivity index (χ3v) is 3.84. The van der Waals surface area contributed by atoms with Crippen molar-refractivity contribution in [2.75, 3.05) is 14.2 Å². The van der Waals surface area contributed by atoms with Crippen LogP contribution in [-0.4, -0.2) is 14.2 Å². The Morgan fingerprint density at radius 1 is 0.850 bits per heavy atom. The van der Waals surface area contributed by atoms with E-state index in [1.165, 1.54) is 50.5 Å². The normalized spacial score (nSPS) is 12.3. The number of ether oxygens (including phenoxy) is 2. The highest BCUT2D eigenvalue weighted by molar-refractivity contribution is 5.28. The number of rotatable bonds is 11. The van der Waals surface area contributed by atoms with Crippen LogP contribution in [0.1, 0.15) is 70.0 Å². The molecule has 0 aromatic heterocycles. The van der Waals surface area contributed by atoms with E-state index in [1.54, 1.807) is 14.2 Å². The molecule has 1 aromatic rings. The van der Waals surface area contributed by atoms with Crippen LogP contribution in [0, 0.1) is 0 Å². The molecule has 0 heterocycles. The third kappa shape index (κ3) is 6.42. The van der Waals surface area contributed by atoms with Crippen LogP contribution in [0.15, 0.2) is 24.3 Å². The molecule has 1 unspecified atom stereocenters. The van der Waals surface area contributed by atoms with Crippen molar-refractivity contribution in [2.24, 2.45) is 0 Å². The maximum absolute atomic E-state index is 5.61. The molecule has 1 aromatic carbocycles. The lowest BCUT2D eigenvalue weighted by Crippen LogP contribution is -2.01. The topological polar surface area (TPSA) is 18.5 Å². The van der Waals surface area contributed by atoms with Crippen molar-refractivity contribution in [3.05, 3.63) is 29.8 Å². The molecule has 0 N–H and O–H groups in total. The molecule has 1 rings (SSSR count). The number of benzene rings is 1. The van der Waals surface area contributed by atoms with Gasteiger partial charge in [-0.3, -0.25) is 0 Å². The lowest BCUT2D eigenvalue weighted by molar-refractivity contribution is 0.0930. The van der Waals surface area contributed by atoms with Crippen molar-refractivity contribution in [1.29, 1.82) is 0 Å². The molecule has 114 valence electrons. The monoisotopic (exact) mass is 278 g/mol. The summed E-state index contributed by atoms with van der Waals surface area (Å²) in [5.74, 6) is 0.902. The molecule has 0 spiro atoms. The summed E-state index contributed by atoms with van der Waals surface area (Å²) < 4.78 is 10.8. The Bertz CT molecular complexity index is 332. The number of hydrogen-bond acceptors (Lipinski definition) is 2. The summed E-state index contributed by atoms with van der Waals surface area (Å²) in [4.78, 5) is 0. The zero-order valence-electron chi connectivity index (χ0n) is 13.4. The average Bonchev–Trinajstić information content (AvgIpc) is 2.50. The summed E-state index contributed by atoms with van der Waals surface area (Å²) in [6, 6.07) is 8.22. The van der Waals surface area contributed by atoms with Gasteiger partial charge in [0.2, 0.25) is 0 Å². The van der Waals surface area contributed by atoms with Gasteiger partial charge in [0, 0.05) is 7.11 Å². The summed E-state index contributed by atoms with van der Waals surface area (Å²) in [6.45, 7) is 2.26. The first-order valence-electron chi connectivity index (χ1n) is 7.98. The fraction of sp³-hybridized carbons (Fsp3) is 0.667. The van der Waals surface area contributed by atoms with Crippen LogP contribution in [0.5, 0.6) is 5.75 Å². The van der Waals surface area contributed by atoms with Crippen LogP contribution in [0.2, 0.25) is 0 Å². The molecule has 0 bridgehead atoms. The third-order valence-electron chi connectivity index (χ3n) is 3.84. The zero-order valence-corrected chi connectivity index (χ0v) is 13.4. The van der Waals surface area contributed by atoms with Gasteiger partial charge in [-0.05, 0) is 24.1 Å². The minimum Gasteiger partial charge on any atom is -0.497 e. The Balaban J connectivity index is 2.24. The van der Waals surface area contributed by atoms with Gasteiger partial charge in [0.05, 0.1) is 13.2 Å². The largest absolute Gasteiger partial charge is 0.497 e. The van der Waals surface area contributed by atoms with Gasteiger partial charge in [0.15, 0.2) is 0 Å². The van der Waals surface area contributed by atoms with E-state index in [0.29, 0.717) is 0 Å². The van der Waals surface area contributed by atoms with Gasteiger partial charge >= 0.3 is 0 Å². The summed E-state index contributed by atoms with van der Waals surface area (Å²) >= 11 is 0. The fourth-order valence-corrected chi connectivity index (χ4v) is 2.53. The van der Waals surface area contributed by atoms with Crippen LogP contribution in [-0.2, 0) is 4.74 Å². The first-order valence-corrected chi connectivity index (χ1v) is 7.98. The van der Waals surface area contributed by atoms with Gasteiger partial charge in [-0.15, -0.1) is 0 Å². The molecule has 0 aliphatic rings. The van der Waals surface area contributed by atoms with Gasteiger partial charge in [-0.2, -0.15) is 0 Å². The molecular formula is C18H30O2. The Hall–Kier alpha value is -1.02. The second-order valence-electron chi connectivity index (χ2n) is 5.41. The van der Waals surface area contributed by atoms with Crippen LogP contribution < -0.4 is 4.74 Å². The molecule has 0 amide bonds. The van der Waals surface area contributed by atoms with E-state index in [4.69, 9.17) is 9.47 Å². The summed E-state index contributed by atoms with van der Waals surface area (Å²) in [5, 5.41) is 0. The highest BCUT2D eigenvalue weighted by Crippen LogP contribution is 2.25. The van der Waals surface area contributed by atoms with E-state index in [-0.39, 0.29) is 6.10 Å². The standard InChI is InChI=1S/C18H30O2/c1-4-5-6-7-8-9-10-11-18(20-3)16-12-14-17(19-2)15-13-16/h12-15,18H,4-11H2,1-3H3. The highest BCUT2D eigenvalue weighted by atomic mass is 16.5. The summed E-state index contributed by atoms with van der Waals surface area (Å²) in [6.07, 6.45) is 10.7. The molecule has 2 nitrogen and oxygen atoms in total. The van der Waals surface area contributed by atoms with Crippen molar-refractivity contribution in [2.45, 2.75) is 64.4 Å². The molecule has 20 heavy (non-hydrogen) atoms. The predicted molar refractivity (Wildman–Crippen MR) is 85.4 cm³/mol. The van der Waals surface area contributed by atoms with Crippen LogP contribution in [0.4, 0.5) is 0 Å². The second-order valence-corrected chi connectivity index (χ2v) is 5.41. The molecule has 0 aliphatic heterocycles. The van der Waals surface area contributed by atoms with Crippen molar-refractivity contribution < 1.29 is 9.47 Å². The van der Waals surface area contributed by atoms with E-state index in [9.17, 15) is 0 Å². The molecule has 0 fully saturated rings. The summed E-state index contributed by atoms with van der Waals surface area (Å²) in [7, 11) is 3.50. The van der Waals surface area contributed by atoms with Crippen molar-refractivity contribution >= 4 is 0 Å². The van der Waals surface area contributed by atoms with Crippen LogP contribution >= 0.6 is 0 Å². The highest BCUT2D eigenvalue weighted by Gasteiger charge is 2.09. The quantitative estimate of drug-likeness (QED) is 0.496. The Labute approximate surface area is 124 Å². The lowest BCUT2D eigenvalue weighted by Gasteiger charge is -2.16. The molecule has 0 aliphatic carbocycles.